The first kappa shape index (κ1) is 18.7. The highest BCUT2D eigenvalue weighted by atomic mass is 79.9. The summed E-state index contributed by atoms with van der Waals surface area (Å²) >= 11 is 3.16. The minimum absolute atomic E-state index is 0.0895. The third kappa shape index (κ3) is 5.18. The Morgan fingerprint density at radius 1 is 1.04 bits per heavy atom. The normalized spacial score (nSPS) is 10.3. The molecular weight excluding hydrogens is 417 g/mol. The van der Waals surface area contributed by atoms with Gasteiger partial charge in [0.15, 0.2) is 5.76 Å². The van der Waals surface area contributed by atoms with Crippen molar-refractivity contribution < 1.29 is 18.4 Å². The lowest BCUT2D eigenvalue weighted by atomic mass is 10.2. The average Bonchev–Trinajstić information content (AvgIpc) is 3.18. The van der Waals surface area contributed by atoms with Crippen molar-refractivity contribution in [1.29, 1.82) is 0 Å². The maximum Gasteiger partial charge on any atom is 0.319 e. The number of carbonyl (C=O) groups excluding carboxylic acids is 2. The minimum Gasteiger partial charge on any atom is -0.459 e. The highest BCUT2D eigenvalue weighted by Crippen LogP contribution is 2.19. The van der Waals surface area contributed by atoms with Gasteiger partial charge < -0.3 is 20.4 Å². The quantitative estimate of drug-likeness (QED) is 0.544. The summed E-state index contributed by atoms with van der Waals surface area (Å²) in [6.45, 7) is 0.246. The molecule has 0 spiro atoms. The number of hydrogen-bond donors (Lipinski definition) is 3. The maximum atomic E-state index is 13.7. The Hall–Kier alpha value is -3.13. The Morgan fingerprint density at radius 3 is 2.48 bits per heavy atom. The van der Waals surface area contributed by atoms with Crippen molar-refractivity contribution in [3.8, 4) is 0 Å². The van der Waals surface area contributed by atoms with E-state index in [1.54, 1.807) is 42.5 Å². The maximum absolute atomic E-state index is 13.7. The molecule has 3 rings (SSSR count). The summed E-state index contributed by atoms with van der Waals surface area (Å²) in [5, 5.41) is 7.79. The van der Waals surface area contributed by atoms with Gasteiger partial charge in [0.1, 0.15) is 5.82 Å². The molecule has 0 saturated carbocycles. The first-order valence-electron chi connectivity index (χ1n) is 7.95. The molecule has 6 nitrogen and oxygen atoms in total. The molecular formula is C19H15BrFN3O3. The summed E-state index contributed by atoms with van der Waals surface area (Å²) in [6.07, 6.45) is 1.43. The smallest absolute Gasteiger partial charge is 0.319 e. The molecule has 0 unspecified atom stereocenters. The van der Waals surface area contributed by atoms with Crippen LogP contribution in [0.4, 0.5) is 20.6 Å². The number of hydrogen-bond acceptors (Lipinski definition) is 3. The molecule has 1 aromatic heterocycles. The standard InChI is InChI=1S/C19H15BrFN3O3/c20-13-5-8-16(15(21)10-13)24-19(26)22-11-12-3-6-14(7-4-12)23-18(25)17-2-1-9-27-17/h1-10H,11H2,(H,23,25)(H2,22,24,26). The molecule has 27 heavy (non-hydrogen) atoms. The van der Waals surface area contributed by atoms with Crippen molar-refractivity contribution in [2.75, 3.05) is 10.6 Å². The number of amides is 3. The van der Waals surface area contributed by atoms with E-state index in [4.69, 9.17) is 4.42 Å². The number of urea groups is 1. The van der Waals surface area contributed by atoms with Crippen molar-refractivity contribution in [3.05, 3.63) is 82.5 Å². The number of nitrogens with one attached hydrogen (secondary N) is 3. The molecule has 0 atom stereocenters. The van der Waals surface area contributed by atoms with Gasteiger partial charge in [-0.3, -0.25) is 4.79 Å². The van der Waals surface area contributed by atoms with E-state index >= 15 is 0 Å². The van der Waals surface area contributed by atoms with Gasteiger partial charge in [-0.05, 0) is 48.0 Å². The lowest BCUT2D eigenvalue weighted by Gasteiger charge is -2.09. The zero-order chi connectivity index (χ0) is 19.2. The summed E-state index contributed by atoms with van der Waals surface area (Å²) in [7, 11) is 0. The lowest BCUT2D eigenvalue weighted by molar-refractivity contribution is 0.0996. The average molecular weight is 432 g/mol. The minimum atomic E-state index is -0.531. The van der Waals surface area contributed by atoms with Crippen LogP contribution in [0, 0.1) is 5.82 Å². The van der Waals surface area contributed by atoms with Crippen molar-refractivity contribution in [2.45, 2.75) is 6.54 Å². The predicted octanol–water partition coefficient (Wildman–Crippen LogP) is 4.76. The van der Waals surface area contributed by atoms with Gasteiger partial charge in [-0.25, -0.2) is 9.18 Å². The molecule has 2 aromatic carbocycles. The van der Waals surface area contributed by atoms with E-state index in [1.165, 1.54) is 18.4 Å². The van der Waals surface area contributed by atoms with Crippen molar-refractivity contribution >= 4 is 39.2 Å². The summed E-state index contributed by atoms with van der Waals surface area (Å²) in [6, 6.07) is 14.0. The molecule has 0 radical (unpaired) electrons. The second-order valence-electron chi connectivity index (χ2n) is 5.56. The summed E-state index contributed by atoms with van der Waals surface area (Å²) < 4.78 is 19.3. The molecule has 0 fully saturated rings. The zero-order valence-corrected chi connectivity index (χ0v) is 15.5. The van der Waals surface area contributed by atoms with Gasteiger partial charge in [-0.2, -0.15) is 0 Å². The van der Waals surface area contributed by atoms with Crippen LogP contribution < -0.4 is 16.0 Å². The molecule has 0 aliphatic heterocycles. The Labute approximate surface area is 162 Å². The molecule has 138 valence electrons. The molecule has 8 heteroatoms. The van der Waals surface area contributed by atoms with Crippen LogP contribution in [0.1, 0.15) is 16.1 Å². The second-order valence-corrected chi connectivity index (χ2v) is 6.48. The van der Waals surface area contributed by atoms with E-state index in [2.05, 4.69) is 31.9 Å². The molecule has 0 saturated heterocycles. The number of carbonyl (C=O) groups is 2. The molecule has 1 heterocycles. The van der Waals surface area contributed by atoms with E-state index in [9.17, 15) is 14.0 Å². The van der Waals surface area contributed by atoms with Crippen LogP contribution >= 0.6 is 15.9 Å². The van der Waals surface area contributed by atoms with Crippen molar-refractivity contribution in [1.82, 2.24) is 5.32 Å². The number of halogens is 2. The van der Waals surface area contributed by atoms with E-state index in [1.807, 2.05) is 0 Å². The van der Waals surface area contributed by atoms with Crippen molar-refractivity contribution in [3.63, 3.8) is 0 Å². The molecule has 3 aromatic rings. The van der Waals surface area contributed by atoms with Crippen LogP contribution in [-0.2, 0) is 6.54 Å². The SMILES string of the molecule is O=C(NCc1ccc(NC(=O)c2ccco2)cc1)Nc1ccc(Br)cc1F. The fourth-order valence-electron chi connectivity index (χ4n) is 2.25. The molecule has 0 aliphatic carbocycles. The Kier molecular flexibility index (Phi) is 5.87. The summed E-state index contributed by atoms with van der Waals surface area (Å²) in [4.78, 5) is 23.8. The molecule has 3 N–H and O–H groups in total. The van der Waals surface area contributed by atoms with Gasteiger partial charge in [-0.15, -0.1) is 0 Å². The van der Waals surface area contributed by atoms with E-state index in [0.717, 1.165) is 5.56 Å². The molecule has 0 aliphatic rings. The van der Waals surface area contributed by atoms with Crippen LogP contribution in [0.3, 0.4) is 0 Å². The fraction of sp³-hybridized carbons (Fsp3) is 0.0526. The Balaban J connectivity index is 1.51. The largest absolute Gasteiger partial charge is 0.459 e. The van der Waals surface area contributed by atoms with E-state index in [-0.39, 0.29) is 23.9 Å². The van der Waals surface area contributed by atoms with Crippen LogP contribution in [0.2, 0.25) is 0 Å². The van der Waals surface area contributed by atoms with Crippen LogP contribution in [0.5, 0.6) is 0 Å². The predicted molar refractivity (Wildman–Crippen MR) is 103 cm³/mol. The van der Waals surface area contributed by atoms with Crippen LogP contribution in [0.25, 0.3) is 0 Å². The molecule has 3 amide bonds. The zero-order valence-electron chi connectivity index (χ0n) is 14.0. The summed E-state index contributed by atoms with van der Waals surface area (Å²) in [5.41, 5.74) is 1.51. The third-order valence-electron chi connectivity index (χ3n) is 3.59. The van der Waals surface area contributed by atoms with E-state index < -0.39 is 11.8 Å². The number of benzene rings is 2. The fourth-order valence-corrected chi connectivity index (χ4v) is 2.58. The van der Waals surface area contributed by atoms with Gasteiger partial charge in [0, 0.05) is 16.7 Å². The first-order valence-corrected chi connectivity index (χ1v) is 8.74. The van der Waals surface area contributed by atoms with Crippen LogP contribution in [-0.4, -0.2) is 11.9 Å². The summed E-state index contributed by atoms with van der Waals surface area (Å²) in [5.74, 6) is -0.657. The van der Waals surface area contributed by atoms with Gasteiger partial charge >= 0.3 is 6.03 Å². The van der Waals surface area contributed by atoms with Gasteiger partial charge in [-0.1, -0.05) is 28.1 Å². The van der Waals surface area contributed by atoms with Crippen molar-refractivity contribution in [2.24, 2.45) is 0 Å². The van der Waals surface area contributed by atoms with Gasteiger partial charge in [0.05, 0.1) is 12.0 Å². The highest BCUT2D eigenvalue weighted by molar-refractivity contribution is 9.10. The van der Waals surface area contributed by atoms with Gasteiger partial charge in [0.2, 0.25) is 0 Å². The second kappa shape index (κ2) is 8.50. The molecule has 0 bridgehead atoms. The first-order chi connectivity index (χ1) is 13.0. The van der Waals surface area contributed by atoms with Crippen LogP contribution in [0.15, 0.2) is 69.8 Å². The Morgan fingerprint density at radius 2 is 1.81 bits per heavy atom. The Bertz CT molecular complexity index is 943. The highest BCUT2D eigenvalue weighted by Gasteiger charge is 2.09. The monoisotopic (exact) mass is 431 g/mol. The number of rotatable bonds is 5. The lowest BCUT2D eigenvalue weighted by Crippen LogP contribution is -2.28. The van der Waals surface area contributed by atoms with Gasteiger partial charge in [0.25, 0.3) is 5.91 Å². The number of furan rings is 1. The number of anilines is 2. The topological polar surface area (TPSA) is 83.4 Å². The van der Waals surface area contributed by atoms with E-state index in [0.29, 0.717) is 10.2 Å². The third-order valence-corrected chi connectivity index (χ3v) is 4.08.